The van der Waals surface area contributed by atoms with E-state index in [0.717, 1.165) is 12.8 Å². The SMILES string of the molecule is CC(C)COc1ccc(C(=O)OCC(=O)N[C@@H]2CCC[C@H](C)[C@H]2C)cc1. The average Bonchev–Trinajstić information content (AvgIpc) is 2.62. The topological polar surface area (TPSA) is 64.6 Å². The average molecular weight is 361 g/mol. The van der Waals surface area contributed by atoms with Crippen LogP contribution in [0.15, 0.2) is 24.3 Å². The number of carbonyl (C=O) groups excluding carboxylic acids is 2. The van der Waals surface area contributed by atoms with Crippen molar-refractivity contribution in [1.82, 2.24) is 5.32 Å². The van der Waals surface area contributed by atoms with Gasteiger partial charge in [0.1, 0.15) is 5.75 Å². The summed E-state index contributed by atoms with van der Waals surface area (Å²) in [6.07, 6.45) is 3.32. The second kappa shape index (κ2) is 9.60. The first kappa shape index (κ1) is 20.3. The van der Waals surface area contributed by atoms with Gasteiger partial charge in [0, 0.05) is 6.04 Å². The maximum Gasteiger partial charge on any atom is 0.338 e. The Hall–Kier alpha value is -2.04. The summed E-state index contributed by atoms with van der Waals surface area (Å²) in [5.74, 6) is 1.47. The first-order valence-corrected chi connectivity index (χ1v) is 9.56. The quantitative estimate of drug-likeness (QED) is 0.750. The Morgan fingerprint density at radius 1 is 1.15 bits per heavy atom. The fourth-order valence-corrected chi connectivity index (χ4v) is 3.20. The maximum atomic E-state index is 12.1. The lowest BCUT2D eigenvalue weighted by molar-refractivity contribution is -0.125. The smallest absolute Gasteiger partial charge is 0.338 e. The highest BCUT2D eigenvalue weighted by molar-refractivity contribution is 5.91. The number of hydrogen-bond donors (Lipinski definition) is 1. The van der Waals surface area contributed by atoms with Crippen molar-refractivity contribution in [2.45, 2.75) is 53.0 Å². The third kappa shape index (κ3) is 6.04. The van der Waals surface area contributed by atoms with Crippen molar-refractivity contribution in [2.75, 3.05) is 13.2 Å². The van der Waals surface area contributed by atoms with Gasteiger partial charge in [-0.1, -0.05) is 40.5 Å². The molecule has 1 aliphatic rings. The molecule has 1 aromatic rings. The Morgan fingerprint density at radius 3 is 2.50 bits per heavy atom. The molecule has 26 heavy (non-hydrogen) atoms. The van der Waals surface area contributed by atoms with Crippen LogP contribution < -0.4 is 10.1 Å². The molecule has 1 amide bonds. The van der Waals surface area contributed by atoms with Crippen LogP contribution in [0.3, 0.4) is 0 Å². The van der Waals surface area contributed by atoms with Crippen LogP contribution in [0, 0.1) is 17.8 Å². The van der Waals surface area contributed by atoms with Gasteiger partial charge in [-0.05, 0) is 48.4 Å². The summed E-state index contributed by atoms with van der Waals surface area (Å²) in [5.41, 5.74) is 0.411. The molecule has 0 spiro atoms. The summed E-state index contributed by atoms with van der Waals surface area (Å²) in [5, 5.41) is 3.01. The summed E-state index contributed by atoms with van der Waals surface area (Å²) in [7, 11) is 0. The second-order valence-electron chi connectivity index (χ2n) is 7.75. The van der Waals surface area contributed by atoms with Crippen LogP contribution in [0.25, 0.3) is 0 Å². The van der Waals surface area contributed by atoms with Gasteiger partial charge < -0.3 is 14.8 Å². The van der Waals surface area contributed by atoms with Crippen LogP contribution >= 0.6 is 0 Å². The van der Waals surface area contributed by atoms with Crippen molar-refractivity contribution in [1.29, 1.82) is 0 Å². The van der Waals surface area contributed by atoms with Gasteiger partial charge in [-0.2, -0.15) is 0 Å². The van der Waals surface area contributed by atoms with E-state index in [1.54, 1.807) is 24.3 Å². The van der Waals surface area contributed by atoms with Crippen LogP contribution in [0.1, 0.15) is 57.3 Å². The lowest BCUT2D eigenvalue weighted by Crippen LogP contribution is -2.45. The minimum atomic E-state index is -0.499. The molecule has 1 aromatic carbocycles. The zero-order valence-electron chi connectivity index (χ0n) is 16.3. The molecule has 1 fully saturated rings. The van der Waals surface area contributed by atoms with Gasteiger partial charge in [-0.3, -0.25) is 4.79 Å². The summed E-state index contributed by atoms with van der Waals surface area (Å²) >= 11 is 0. The number of nitrogens with one attached hydrogen (secondary N) is 1. The van der Waals surface area contributed by atoms with Gasteiger partial charge in [-0.15, -0.1) is 0 Å². The number of hydrogen-bond acceptors (Lipinski definition) is 4. The number of carbonyl (C=O) groups is 2. The first-order chi connectivity index (χ1) is 12.4. The van der Waals surface area contributed by atoms with Gasteiger partial charge in [0.15, 0.2) is 6.61 Å². The van der Waals surface area contributed by atoms with Crippen LogP contribution in [0.2, 0.25) is 0 Å². The third-order valence-electron chi connectivity index (χ3n) is 5.06. The van der Waals surface area contributed by atoms with Crippen molar-refractivity contribution in [3.05, 3.63) is 29.8 Å². The number of esters is 1. The van der Waals surface area contributed by atoms with E-state index in [1.807, 2.05) is 0 Å². The Morgan fingerprint density at radius 2 is 1.85 bits per heavy atom. The van der Waals surface area contributed by atoms with E-state index < -0.39 is 5.97 Å². The van der Waals surface area contributed by atoms with Gasteiger partial charge in [-0.25, -0.2) is 4.79 Å². The molecule has 1 aliphatic carbocycles. The van der Waals surface area contributed by atoms with Crippen molar-refractivity contribution in [3.8, 4) is 5.75 Å². The zero-order valence-corrected chi connectivity index (χ0v) is 16.3. The van der Waals surface area contributed by atoms with Gasteiger partial charge in [0.25, 0.3) is 5.91 Å². The standard InChI is InChI=1S/C21H31NO4/c1-14(2)12-25-18-10-8-17(9-11-18)21(24)26-13-20(23)22-19-7-5-6-15(3)16(19)4/h8-11,14-16,19H,5-7,12-13H2,1-4H3,(H,22,23)/t15-,16+,19+/m0/s1. The Bertz CT molecular complexity index is 597. The summed E-state index contributed by atoms with van der Waals surface area (Å²) in [4.78, 5) is 24.2. The lowest BCUT2D eigenvalue weighted by atomic mass is 9.78. The van der Waals surface area contributed by atoms with E-state index >= 15 is 0 Å². The van der Waals surface area contributed by atoms with Gasteiger partial charge in [0.05, 0.1) is 12.2 Å². The van der Waals surface area contributed by atoms with E-state index in [1.165, 1.54) is 6.42 Å². The van der Waals surface area contributed by atoms with E-state index in [2.05, 4.69) is 33.0 Å². The summed E-state index contributed by atoms with van der Waals surface area (Å²) in [6, 6.07) is 6.96. The van der Waals surface area contributed by atoms with Crippen molar-refractivity contribution < 1.29 is 19.1 Å². The molecule has 0 saturated heterocycles. The van der Waals surface area contributed by atoms with E-state index in [-0.39, 0.29) is 18.6 Å². The summed E-state index contributed by atoms with van der Waals surface area (Å²) < 4.78 is 10.7. The monoisotopic (exact) mass is 361 g/mol. The van der Waals surface area contributed by atoms with E-state index in [0.29, 0.717) is 35.7 Å². The largest absolute Gasteiger partial charge is 0.493 e. The molecule has 0 bridgehead atoms. The molecule has 0 aromatic heterocycles. The van der Waals surface area contributed by atoms with Crippen LogP contribution in [-0.4, -0.2) is 31.1 Å². The van der Waals surface area contributed by atoms with Crippen LogP contribution in [0.5, 0.6) is 5.75 Å². The van der Waals surface area contributed by atoms with E-state index in [9.17, 15) is 9.59 Å². The minimum Gasteiger partial charge on any atom is -0.493 e. The predicted octanol–water partition coefficient (Wildman–Crippen LogP) is 3.82. The fourth-order valence-electron chi connectivity index (χ4n) is 3.20. The van der Waals surface area contributed by atoms with Crippen molar-refractivity contribution in [3.63, 3.8) is 0 Å². The number of amides is 1. The molecule has 0 unspecified atom stereocenters. The predicted molar refractivity (Wildman–Crippen MR) is 101 cm³/mol. The molecule has 0 radical (unpaired) electrons. The second-order valence-corrected chi connectivity index (χ2v) is 7.75. The fraction of sp³-hybridized carbons (Fsp3) is 0.619. The third-order valence-corrected chi connectivity index (χ3v) is 5.06. The molecule has 0 aliphatic heterocycles. The highest BCUT2D eigenvalue weighted by atomic mass is 16.5. The molecule has 1 saturated carbocycles. The summed E-state index contributed by atoms with van der Waals surface area (Å²) in [6.45, 7) is 8.92. The molecule has 5 nitrogen and oxygen atoms in total. The highest BCUT2D eigenvalue weighted by Gasteiger charge is 2.28. The maximum absolute atomic E-state index is 12.1. The molecule has 0 heterocycles. The Labute approximate surface area is 156 Å². The molecule has 3 atom stereocenters. The lowest BCUT2D eigenvalue weighted by Gasteiger charge is -2.34. The Balaban J connectivity index is 1.77. The first-order valence-electron chi connectivity index (χ1n) is 9.56. The normalized spacial score (nSPS) is 22.7. The Kier molecular flexibility index (Phi) is 7.49. The molecule has 1 N–H and O–H groups in total. The van der Waals surface area contributed by atoms with Gasteiger partial charge >= 0.3 is 5.97 Å². The molecule has 2 rings (SSSR count). The molecular formula is C21H31NO4. The highest BCUT2D eigenvalue weighted by Crippen LogP contribution is 2.29. The number of rotatable bonds is 7. The zero-order chi connectivity index (χ0) is 19.1. The number of ether oxygens (including phenoxy) is 2. The molecule has 144 valence electrons. The van der Waals surface area contributed by atoms with Crippen molar-refractivity contribution >= 4 is 11.9 Å². The van der Waals surface area contributed by atoms with Crippen LogP contribution in [0.4, 0.5) is 0 Å². The van der Waals surface area contributed by atoms with Crippen molar-refractivity contribution in [2.24, 2.45) is 17.8 Å². The van der Waals surface area contributed by atoms with Crippen LogP contribution in [-0.2, 0) is 9.53 Å². The number of benzene rings is 1. The van der Waals surface area contributed by atoms with E-state index in [4.69, 9.17) is 9.47 Å². The minimum absolute atomic E-state index is 0.169. The molecule has 5 heteroatoms. The molecular weight excluding hydrogens is 330 g/mol. The van der Waals surface area contributed by atoms with Gasteiger partial charge in [0.2, 0.25) is 0 Å².